The molecule has 0 spiro atoms. The summed E-state index contributed by atoms with van der Waals surface area (Å²) >= 11 is 6.41. The second-order valence-electron chi connectivity index (χ2n) is 7.37. The number of hydrogen-bond donors (Lipinski definition) is 0. The fourth-order valence-corrected chi connectivity index (χ4v) is 8.54. The summed E-state index contributed by atoms with van der Waals surface area (Å²) in [5.74, 6) is 0. The van der Waals surface area contributed by atoms with Gasteiger partial charge in [-0.1, -0.05) is 71.3 Å². The van der Waals surface area contributed by atoms with Crippen LogP contribution in [0.3, 0.4) is 0 Å². The Morgan fingerprint density at radius 2 is 0.618 bits per heavy atom. The van der Waals surface area contributed by atoms with E-state index in [1.165, 1.54) is 0 Å². The Labute approximate surface area is 207 Å². The summed E-state index contributed by atoms with van der Waals surface area (Å²) in [7, 11) is 0. The van der Waals surface area contributed by atoms with Crippen molar-refractivity contribution in [2.24, 2.45) is 0 Å². The fourth-order valence-electron chi connectivity index (χ4n) is 3.66. The van der Waals surface area contributed by atoms with Crippen molar-refractivity contribution in [3.05, 3.63) is 57.0 Å². The SMILES string of the molecule is c1ccc2nc3nc4c(nc3nc2c1)SC(=C1Sc2nc3nc5ccccc5nc3nc2S1)S4. The van der Waals surface area contributed by atoms with E-state index in [4.69, 9.17) is 19.9 Å². The third-order valence-corrected chi connectivity index (χ3v) is 10.4. The first-order chi connectivity index (χ1) is 16.8. The monoisotopic (exact) mass is 512 g/mol. The highest BCUT2D eigenvalue weighted by Gasteiger charge is 2.31. The van der Waals surface area contributed by atoms with E-state index in [9.17, 15) is 0 Å². The summed E-state index contributed by atoms with van der Waals surface area (Å²) in [5.41, 5.74) is 5.50. The number of rotatable bonds is 0. The van der Waals surface area contributed by atoms with E-state index in [-0.39, 0.29) is 0 Å². The minimum Gasteiger partial charge on any atom is -0.224 e. The van der Waals surface area contributed by atoms with E-state index < -0.39 is 0 Å². The molecule has 6 aromatic rings. The molecule has 0 saturated carbocycles. The standard InChI is InChI=1S/C22H8N8S4/c1-2-6-10-9(5-1)23-13-14(24-10)28-18-17(27-13)31-21(32-18)22-33-19-20(34-22)30-16-15(29-19)25-11-7-3-4-8-12(11)26-16/h1-8H. The maximum absolute atomic E-state index is 4.75. The second kappa shape index (κ2) is 7.22. The summed E-state index contributed by atoms with van der Waals surface area (Å²) in [5, 5.41) is 3.40. The molecule has 0 aliphatic carbocycles. The van der Waals surface area contributed by atoms with Gasteiger partial charge in [0, 0.05) is 0 Å². The number of para-hydroxylation sites is 4. The number of fused-ring (bicyclic) bond motifs is 6. The molecular weight excluding hydrogens is 505 g/mol. The van der Waals surface area contributed by atoms with Gasteiger partial charge in [-0.3, -0.25) is 0 Å². The van der Waals surface area contributed by atoms with Crippen LogP contribution in [0, 0.1) is 0 Å². The Morgan fingerprint density at radius 3 is 0.882 bits per heavy atom. The number of nitrogens with zero attached hydrogens (tertiary/aromatic N) is 8. The molecule has 0 bridgehead atoms. The lowest BCUT2D eigenvalue weighted by Gasteiger charge is -2.01. The predicted octanol–water partition coefficient (Wildman–Crippen LogP) is 5.68. The average Bonchev–Trinajstić information content (AvgIpc) is 3.46. The molecule has 0 unspecified atom stereocenters. The molecule has 12 heteroatoms. The zero-order valence-electron chi connectivity index (χ0n) is 16.8. The van der Waals surface area contributed by atoms with Gasteiger partial charge in [-0.05, 0) is 24.3 Å². The highest BCUT2D eigenvalue weighted by atomic mass is 32.2. The predicted molar refractivity (Wildman–Crippen MR) is 136 cm³/mol. The summed E-state index contributed by atoms with van der Waals surface area (Å²) in [6.07, 6.45) is 0. The average molecular weight is 513 g/mol. The van der Waals surface area contributed by atoms with Crippen LogP contribution in [0.5, 0.6) is 0 Å². The number of hydrogen-bond acceptors (Lipinski definition) is 12. The van der Waals surface area contributed by atoms with E-state index in [2.05, 4.69) is 19.9 Å². The highest BCUT2D eigenvalue weighted by Crippen LogP contribution is 2.60. The van der Waals surface area contributed by atoms with Gasteiger partial charge in [0.05, 0.1) is 30.5 Å². The van der Waals surface area contributed by atoms with Crippen LogP contribution in [-0.4, -0.2) is 39.9 Å². The summed E-state index contributed by atoms with van der Waals surface area (Å²) in [6, 6.07) is 15.5. The van der Waals surface area contributed by atoms with Crippen LogP contribution in [0.4, 0.5) is 0 Å². The molecule has 0 N–H and O–H groups in total. The van der Waals surface area contributed by atoms with Gasteiger partial charge in [-0.2, -0.15) is 0 Å². The van der Waals surface area contributed by atoms with Crippen LogP contribution in [0.25, 0.3) is 44.7 Å². The molecule has 6 heterocycles. The summed E-state index contributed by atoms with van der Waals surface area (Å²) in [6.45, 7) is 0. The molecule has 0 amide bonds. The first-order valence-electron chi connectivity index (χ1n) is 10.1. The van der Waals surface area contributed by atoms with Gasteiger partial charge in [0.25, 0.3) is 0 Å². The summed E-state index contributed by atoms with van der Waals surface area (Å²) < 4.78 is 2.22. The van der Waals surface area contributed by atoms with Crippen LogP contribution < -0.4 is 0 Å². The minimum atomic E-state index is 0.561. The van der Waals surface area contributed by atoms with E-state index >= 15 is 0 Å². The topological polar surface area (TPSA) is 103 Å². The molecular formula is C22H8N8S4. The molecule has 160 valence electrons. The van der Waals surface area contributed by atoms with Crippen LogP contribution in [0.1, 0.15) is 0 Å². The third kappa shape index (κ3) is 2.99. The molecule has 2 aliphatic rings. The van der Waals surface area contributed by atoms with E-state index in [0.29, 0.717) is 22.6 Å². The highest BCUT2D eigenvalue weighted by molar-refractivity contribution is 8.30. The maximum Gasteiger partial charge on any atom is 0.199 e. The Balaban J connectivity index is 1.18. The Morgan fingerprint density at radius 1 is 0.353 bits per heavy atom. The first kappa shape index (κ1) is 19.3. The molecule has 2 aromatic carbocycles. The smallest absolute Gasteiger partial charge is 0.199 e. The normalized spacial score (nSPS) is 15.1. The Bertz CT molecular complexity index is 1620. The van der Waals surface area contributed by atoms with Crippen molar-refractivity contribution >= 4 is 91.7 Å². The van der Waals surface area contributed by atoms with Crippen molar-refractivity contribution in [1.29, 1.82) is 0 Å². The number of aromatic nitrogens is 8. The van der Waals surface area contributed by atoms with Crippen molar-refractivity contribution in [3.8, 4) is 0 Å². The van der Waals surface area contributed by atoms with Crippen LogP contribution >= 0.6 is 47.0 Å². The minimum absolute atomic E-state index is 0.561. The van der Waals surface area contributed by atoms with Gasteiger partial charge in [-0.25, -0.2) is 39.9 Å². The van der Waals surface area contributed by atoms with Crippen molar-refractivity contribution in [2.45, 2.75) is 20.1 Å². The number of thioether (sulfide) groups is 4. The van der Waals surface area contributed by atoms with E-state index in [0.717, 1.165) is 50.6 Å². The second-order valence-corrected chi connectivity index (χ2v) is 11.9. The molecule has 4 aromatic heterocycles. The molecule has 8 nitrogen and oxygen atoms in total. The van der Waals surface area contributed by atoms with Crippen molar-refractivity contribution in [2.75, 3.05) is 0 Å². The zero-order valence-corrected chi connectivity index (χ0v) is 20.1. The first-order valence-corrected chi connectivity index (χ1v) is 13.4. The van der Waals surface area contributed by atoms with Crippen LogP contribution in [0.2, 0.25) is 0 Å². The quantitative estimate of drug-likeness (QED) is 0.234. The van der Waals surface area contributed by atoms with Gasteiger partial charge in [0.1, 0.15) is 20.1 Å². The van der Waals surface area contributed by atoms with Gasteiger partial charge < -0.3 is 0 Å². The maximum atomic E-state index is 4.75. The molecule has 34 heavy (non-hydrogen) atoms. The third-order valence-electron chi connectivity index (χ3n) is 5.19. The zero-order chi connectivity index (χ0) is 22.2. The van der Waals surface area contributed by atoms with Gasteiger partial charge >= 0.3 is 0 Å². The van der Waals surface area contributed by atoms with E-state index in [1.54, 1.807) is 47.0 Å². The Kier molecular flexibility index (Phi) is 4.09. The van der Waals surface area contributed by atoms with E-state index in [1.807, 2.05) is 48.5 Å². The van der Waals surface area contributed by atoms with Crippen molar-refractivity contribution < 1.29 is 0 Å². The van der Waals surface area contributed by atoms with Crippen LogP contribution in [0.15, 0.2) is 77.1 Å². The molecule has 0 atom stereocenters. The van der Waals surface area contributed by atoms with Gasteiger partial charge in [0.2, 0.25) is 0 Å². The lowest BCUT2D eigenvalue weighted by molar-refractivity contribution is 0.957. The largest absolute Gasteiger partial charge is 0.224 e. The fraction of sp³-hybridized carbons (Fsp3) is 0. The molecule has 0 fully saturated rings. The molecule has 2 aliphatic heterocycles. The van der Waals surface area contributed by atoms with Crippen LogP contribution in [-0.2, 0) is 0 Å². The van der Waals surface area contributed by atoms with Gasteiger partial charge in [-0.15, -0.1) is 0 Å². The number of benzene rings is 2. The summed E-state index contributed by atoms with van der Waals surface area (Å²) in [4.78, 5) is 37.6. The van der Waals surface area contributed by atoms with Gasteiger partial charge in [0.15, 0.2) is 22.6 Å². The van der Waals surface area contributed by atoms with Crippen molar-refractivity contribution in [3.63, 3.8) is 0 Å². The molecule has 0 radical (unpaired) electrons. The Hall–Kier alpha value is -3.06. The lowest BCUT2D eigenvalue weighted by Crippen LogP contribution is -1.95. The molecule has 0 saturated heterocycles. The van der Waals surface area contributed by atoms with Crippen molar-refractivity contribution in [1.82, 2.24) is 39.9 Å². The lowest BCUT2D eigenvalue weighted by atomic mass is 10.3. The molecule has 8 rings (SSSR count).